The van der Waals surface area contributed by atoms with Crippen LogP contribution in [0.4, 0.5) is 0 Å². The largest absolute Gasteiger partial charge is 0.459 e. The third kappa shape index (κ3) is 14.1. The van der Waals surface area contributed by atoms with Crippen molar-refractivity contribution in [1.29, 1.82) is 0 Å². The molecule has 0 saturated carbocycles. The Kier molecular flexibility index (Phi) is 16.2. The van der Waals surface area contributed by atoms with Gasteiger partial charge >= 0.3 is 5.97 Å². The highest BCUT2D eigenvalue weighted by molar-refractivity contribution is 5.85. The smallest absolute Gasteiger partial charge is 0.323 e. The second-order valence-corrected chi connectivity index (χ2v) is 7.75. The highest BCUT2D eigenvalue weighted by atomic mass is 35.5. The van der Waals surface area contributed by atoms with Crippen molar-refractivity contribution >= 4 is 18.4 Å². The summed E-state index contributed by atoms with van der Waals surface area (Å²) in [6.07, 6.45) is 14.3. The van der Waals surface area contributed by atoms with Gasteiger partial charge < -0.3 is 4.74 Å². The summed E-state index contributed by atoms with van der Waals surface area (Å²) in [5.74, 6) is -0.118. The van der Waals surface area contributed by atoms with Gasteiger partial charge in [0.25, 0.3) is 0 Å². The first-order valence-electron chi connectivity index (χ1n) is 9.69. The van der Waals surface area contributed by atoms with Gasteiger partial charge in [0.2, 0.25) is 0 Å². The Bertz CT molecular complexity index is 306. The first kappa shape index (κ1) is 26.0. The second-order valence-electron chi connectivity index (χ2n) is 7.75. The minimum atomic E-state index is -0.346. The Balaban J connectivity index is 0. The van der Waals surface area contributed by atoms with Crippen molar-refractivity contribution in [3.05, 3.63) is 0 Å². The van der Waals surface area contributed by atoms with Gasteiger partial charge in [-0.25, -0.2) is 0 Å². The van der Waals surface area contributed by atoms with Gasteiger partial charge in [0.1, 0.15) is 11.6 Å². The van der Waals surface area contributed by atoms with E-state index in [1.165, 1.54) is 57.8 Å². The first-order valence-corrected chi connectivity index (χ1v) is 9.69. The fourth-order valence-electron chi connectivity index (χ4n) is 2.66. The van der Waals surface area contributed by atoms with Crippen LogP contribution >= 0.6 is 12.4 Å². The zero-order valence-corrected chi connectivity index (χ0v) is 17.8. The van der Waals surface area contributed by atoms with Crippen LogP contribution in [-0.4, -0.2) is 36.6 Å². The van der Waals surface area contributed by atoms with Gasteiger partial charge in [-0.3, -0.25) is 9.69 Å². The Hall–Kier alpha value is -0.280. The topological polar surface area (TPSA) is 29.5 Å². The second kappa shape index (κ2) is 15.0. The quantitative estimate of drug-likeness (QED) is 0.280. The van der Waals surface area contributed by atoms with E-state index in [2.05, 4.69) is 6.92 Å². The molecule has 0 spiro atoms. The van der Waals surface area contributed by atoms with Crippen molar-refractivity contribution in [2.75, 3.05) is 14.1 Å². The zero-order chi connectivity index (χ0) is 17.7. The zero-order valence-electron chi connectivity index (χ0n) is 17.0. The van der Waals surface area contributed by atoms with E-state index in [9.17, 15) is 4.79 Å². The van der Waals surface area contributed by atoms with E-state index in [0.29, 0.717) is 0 Å². The number of esters is 1. The lowest BCUT2D eigenvalue weighted by molar-refractivity contribution is -0.162. The van der Waals surface area contributed by atoms with Crippen LogP contribution in [0.15, 0.2) is 0 Å². The number of nitrogens with zero attached hydrogens (tertiary/aromatic N) is 1. The van der Waals surface area contributed by atoms with Crippen LogP contribution in [-0.2, 0) is 9.53 Å². The molecule has 3 nitrogen and oxygen atoms in total. The predicted molar refractivity (Wildman–Crippen MR) is 107 cm³/mol. The number of likely N-dealkylation sites (N-methyl/N-ethyl adjacent to an activating group) is 1. The maximum Gasteiger partial charge on any atom is 0.323 e. The molecule has 0 heterocycles. The molecule has 0 saturated heterocycles. The molecule has 0 aromatic rings. The van der Waals surface area contributed by atoms with Crippen molar-refractivity contribution in [3.8, 4) is 0 Å². The third-order valence-corrected chi connectivity index (χ3v) is 4.62. The third-order valence-electron chi connectivity index (χ3n) is 4.62. The number of ether oxygens (including phenoxy) is 1. The molecular formula is C20H42ClNO2. The van der Waals surface area contributed by atoms with E-state index in [4.69, 9.17) is 4.74 Å². The van der Waals surface area contributed by atoms with Gasteiger partial charge in [0.15, 0.2) is 0 Å². The van der Waals surface area contributed by atoms with E-state index < -0.39 is 0 Å². The molecule has 146 valence electrons. The molecule has 0 bridgehead atoms. The number of hydrogen-bond acceptors (Lipinski definition) is 3. The van der Waals surface area contributed by atoms with Crippen LogP contribution in [0.5, 0.6) is 0 Å². The average Bonchev–Trinajstić information content (AvgIpc) is 2.47. The molecule has 0 rings (SSSR count). The minimum Gasteiger partial charge on any atom is -0.459 e. The highest BCUT2D eigenvalue weighted by Gasteiger charge is 2.26. The Morgan fingerprint density at radius 1 is 0.917 bits per heavy atom. The molecule has 0 aliphatic heterocycles. The molecule has 0 aromatic carbocycles. The van der Waals surface area contributed by atoms with Crippen molar-refractivity contribution in [1.82, 2.24) is 4.90 Å². The van der Waals surface area contributed by atoms with Gasteiger partial charge in [-0.2, -0.15) is 0 Å². The number of unbranched alkanes of at least 4 members (excludes halogenated alkanes) is 9. The maximum atomic E-state index is 12.0. The van der Waals surface area contributed by atoms with E-state index in [1.54, 1.807) is 0 Å². The summed E-state index contributed by atoms with van der Waals surface area (Å²) < 4.78 is 5.66. The van der Waals surface area contributed by atoms with E-state index >= 15 is 0 Å². The lowest BCUT2D eigenvalue weighted by Crippen LogP contribution is -2.39. The molecule has 0 fully saturated rings. The molecule has 0 amide bonds. The highest BCUT2D eigenvalue weighted by Crippen LogP contribution is 2.21. The van der Waals surface area contributed by atoms with Crippen molar-refractivity contribution in [3.63, 3.8) is 0 Å². The monoisotopic (exact) mass is 363 g/mol. The molecule has 24 heavy (non-hydrogen) atoms. The summed E-state index contributed by atoms with van der Waals surface area (Å²) in [5, 5.41) is 0. The van der Waals surface area contributed by atoms with Crippen molar-refractivity contribution < 1.29 is 9.53 Å². The predicted octanol–water partition coefficient (Wildman–Crippen LogP) is 5.99. The molecular weight excluding hydrogens is 322 g/mol. The minimum absolute atomic E-state index is 0. The summed E-state index contributed by atoms with van der Waals surface area (Å²) in [4.78, 5) is 13.9. The molecule has 0 aliphatic rings. The lowest BCUT2D eigenvalue weighted by atomic mass is 9.99. The summed E-state index contributed by atoms with van der Waals surface area (Å²) in [5.41, 5.74) is -0.346. The first-order chi connectivity index (χ1) is 10.8. The van der Waals surface area contributed by atoms with Gasteiger partial charge in [0.05, 0.1) is 0 Å². The molecule has 1 unspecified atom stereocenters. The SMILES string of the molecule is CCCCCCCCCCCCC(C)(C)OC(=O)C(C)N(C)C.Cl. The molecule has 0 N–H and O–H groups in total. The molecule has 0 aliphatic carbocycles. The van der Waals surface area contributed by atoms with Gasteiger partial charge in [-0.05, 0) is 47.7 Å². The van der Waals surface area contributed by atoms with Gasteiger partial charge in [0, 0.05) is 0 Å². The van der Waals surface area contributed by atoms with E-state index in [-0.39, 0.29) is 30.0 Å². The number of halogens is 1. The molecule has 0 aromatic heterocycles. The summed E-state index contributed by atoms with van der Waals surface area (Å²) in [6, 6.07) is -0.179. The maximum absolute atomic E-state index is 12.0. The Morgan fingerprint density at radius 2 is 1.33 bits per heavy atom. The van der Waals surface area contributed by atoms with Crippen LogP contribution in [0, 0.1) is 0 Å². The summed E-state index contributed by atoms with van der Waals surface area (Å²) in [6.45, 7) is 8.21. The summed E-state index contributed by atoms with van der Waals surface area (Å²) in [7, 11) is 3.81. The standard InChI is InChI=1S/C20H41NO2.ClH/c1-7-8-9-10-11-12-13-14-15-16-17-20(3,4)23-19(22)18(2)21(5)6;/h18H,7-17H2,1-6H3;1H. The van der Waals surface area contributed by atoms with Gasteiger partial charge in [-0.1, -0.05) is 64.7 Å². The van der Waals surface area contributed by atoms with E-state index in [0.717, 1.165) is 12.8 Å². The number of carbonyl (C=O) groups is 1. The fourth-order valence-corrected chi connectivity index (χ4v) is 2.66. The van der Waals surface area contributed by atoms with Crippen LogP contribution in [0.25, 0.3) is 0 Å². The van der Waals surface area contributed by atoms with Crippen LogP contribution in [0.1, 0.15) is 98.3 Å². The molecule has 0 radical (unpaired) electrons. The number of rotatable bonds is 14. The molecule has 1 atom stereocenters. The van der Waals surface area contributed by atoms with Crippen LogP contribution in [0.2, 0.25) is 0 Å². The summed E-state index contributed by atoms with van der Waals surface area (Å²) >= 11 is 0. The normalized spacial score (nSPS) is 12.8. The van der Waals surface area contributed by atoms with E-state index in [1.807, 2.05) is 39.8 Å². The van der Waals surface area contributed by atoms with Crippen LogP contribution < -0.4 is 0 Å². The average molecular weight is 364 g/mol. The van der Waals surface area contributed by atoms with Crippen LogP contribution in [0.3, 0.4) is 0 Å². The van der Waals surface area contributed by atoms with Crippen molar-refractivity contribution in [2.24, 2.45) is 0 Å². The van der Waals surface area contributed by atoms with Crippen molar-refractivity contribution in [2.45, 2.75) is 110 Å². The Labute approximate surface area is 157 Å². The fraction of sp³-hybridized carbons (Fsp3) is 0.950. The Morgan fingerprint density at radius 3 is 1.75 bits per heavy atom. The van der Waals surface area contributed by atoms with Gasteiger partial charge in [-0.15, -0.1) is 12.4 Å². The molecule has 4 heteroatoms. The number of hydrogen-bond donors (Lipinski definition) is 0. The lowest BCUT2D eigenvalue weighted by Gasteiger charge is -2.28. The number of carbonyl (C=O) groups excluding carboxylic acids is 1.